The molecule has 0 bridgehead atoms. The van der Waals surface area contributed by atoms with Crippen molar-refractivity contribution in [2.45, 2.75) is 32.3 Å². The minimum Gasteiger partial charge on any atom is -0.547 e. The molecule has 0 rings (SSSR count). The molecular weight excluding hydrogens is 176 g/mol. The summed E-state index contributed by atoms with van der Waals surface area (Å²) < 4.78 is 14.6. The molecule has 0 aromatic rings. The zero-order valence-corrected chi connectivity index (χ0v) is 8.27. The molecule has 0 radical (unpaired) electrons. The monoisotopic (exact) mass is 191 g/mol. The SMILES string of the molecule is COC(C)OC(C(=O)[O-])C(C)OC. The van der Waals surface area contributed by atoms with Crippen molar-refractivity contribution in [3.05, 3.63) is 0 Å². The first-order chi connectivity index (χ1) is 6.02. The van der Waals surface area contributed by atoms with Gasteiger partial charge in [0.05, 0.1) is 12.1 Å². The molecule has 5 heteroatoms. The summed E-state index contributed by atoms with van der Waals surface area (Å²) in [7, 11) is 2.83. The maximum Gasteiger partial charge on any atom is 0.155 e. The van der Waals surface area contributed by atoms with Crippen LogP contribution in [0.1, 0.15) is 13.8 Å². The van der Waals surface area contributed by atoms with Crippen LogP contribution < -0.4 is 5.11 Å². The van der Waals surface area contributed by atoms with Crippen molar-refractivity contribution in [1.82, 2.24) is 0 Å². The Morgan fingerprint density at radius 1 is 1.23 bits per heavy atom. The van der Waals surface area contributed by atoms with Crippen molar-refractivity contribution in [3.8, 4) is 0 Å². The quantitative estimate of drug-likeness (QED) is 0.511. The van der Waals surface area contributed by atoms with Crippen molar-refractivity contribution < 1.29 is 24.1 Å². The number of hydrogen-bond donors (Lipinski definition) is 0. The van der Waals surface area contributed by atoms with Gasteiger partial charge in [0.1, 0.15) is 6.10 Å². The fraction of sp³-hybridized carbons (Fsp3) is 0.875. The average molecular weight is 191 g/mol. The summed E-state index contributed by atoms with van der Waals surface area (Å²) in [6.45, 7) is 3.18. The largest absolute Gasteiger partial charge is 0.547 e. The highest BCUT2D eigenvalue weighted by molar-refractivity contribution is 5.70. The van der Waals surface area contributed by atoms with Gasteiger partial charge in [-0.1, -0.05) is 0 Å². The molecule has 0 heterocycles. The molecule has 0 spiro atoms. The molecule has 0 aliphatic carbocycles. The van der Waals surface area contributed by atoms with Crippen molar-refractivity contribution >= 4 is 5.97 Å². The number of methoxy groups -OCH3 is 2. The Hall–Kier alpha value is -0.650. The minimum atomic E-state index is -1.31. The summed E-state index contributed by atoms with van der Waals surface area (Å²) in [5.74, 6) is -1.31. The van der Waals surface area contributed by atoms with Gasteiger partial charge in [0.2, 0.25) is 0 Å². The molecule has 3 unspecified atom stereocenters. The van der Waals surface area contributed by atoms with Crippen molar-refractivity contribution in [2.24, 2.45) is 0 Å². The zero-order valence-electron chi connectivity index (χ0n) is 8.27. The van der Waals surface area contributed by atoms with E-state index in [0.29, 0.717) is 0 Å². The van der Waals surface area contributed by atoms with Gasteiger partial charge in [-0.3, -0.25) is 0 Å². The summed E-state index contributed by atoms with van der Waals surface area (Å²) in [4.78, 5) is 10.6. The second-order valence-electron chi connectivity index (χ2n) is 2.62. The molecule has 0 saturated carbocycles. The van der Waals surface area contributed by atoms with Gasteiger partial charge >= 0.3 is 0 Å². The van der Waals surface area contributed by atoms with Crippen LogP contribution in [0, 0.1) is 0 Å². The predicted octanol–water partition coefficient (Wildman–Crippen LogP) is -0.851. The van der Waals surface area contributed by atoms with E-state index in [1.807, 2.05) is 0 Å². The molecular formula is C8H15O5-. The van der Waals surface area contributed by atoms with Crippen LogP contribution in [0.2, 0.25) is 0 Å². The molecule has 5 nitrogen and oxygen atoms in total. The third-order valence-electron chi connectivity index (χ3n) is 1.70. The van der Waals surface area contributed by atoms with E-state index in [9.17, 15) is 9.90 Å². The lowest BCUT2D eigenvalue weighted by molar-refractivity contribution is -0.327. The van der Waals surface area contributed by atoms with Gasteiger partial charge in [0.15, 0.2) is 6.29 Å². The summed E-state index contributed by atoms with van der Waals surface area (Å²) >= 11 is 0. The lowest BCUT2D eigenvalue weighted by Gasteiger charge is -2.26. The number of hydrogen-bond acceptors (Lipinski definition) is 5. The third kappa shape index (κ3) is 4.21. The minimum absolute atomic E-state index is 0.567. The highest BCUT2D eigenvalue weighted by atomic mass is 16.7. The number of ether oxygens (including phenoxy) is 3. The van der Waals surface area contributed by atoms with Crippen molar-refractivity contribution in [3.63, 3.8) is 0 Å². The summed E-state index contributed by atoms with van der Waals surface area (Å²) in [5.41, 5.74) is 0. The van der Waals surface area contributed by atoms with Gasteiger partial charge < -0.3 is 24.1 Å². The van der Waals surface area contributed by atoms with Gasteiger partial charge in [-0.2, -0.15) is 0 Å². The second kappa shape index (κ2) is 5.90. The maximum absolute atomic E-state index is 10.6. The van der Waals surface area contributed by atoms with E-state index < -0.39 is 24.5 Å². The third-order valence-corrected chi connectivity index (χ3v) is 1.70. The number of aliphatic carboxylic acids is 1. The topological polar surface area (TPSA) is 67.8 Å². The Morgan fingerprint density at radius 3 is 2.08 bits per heavy atom. The first-order valence-electron chi connectivity index (χ1n) is 3.94. The van der Waals surface area contributed by atoms with Crippen LogP contribution in [-0.2, 0) is 19.0 Å². The number of carboxylic acid groups (broad SMARTS) is 1. The molecule has 13 heavy (non-hydrogen) atoms. The molecule has 0 saturated heterocycles. The van der Waals surface area contributed by atoms with Crippen LogP contribution in [0.4, 0.5) is 0 Å². The van der Waals surface area contributed by atoms with Gasteiger partial charge in [0.25, 0.3) is 0 Å². The first-order valence-corrected chi connectivity index (χ1v) is 3.94. The lowest BCUT2D eigenvalue weighted by Crippen LogP contribution is -2.46. The Kier molecular flexibility index (Phi) is 5.61. The molecule has 0 N–H and O–H groups in total. The summed E-state index contributed by atoms with van der Waals surface area (Å²) in [5, 5.41) is 10.6. The van der Waals surface area contributed by atoms with Gasteiger partial charge in [0, 0.05) is 14.2 Å². The number of rotatable bonds is 6. The van der Waals surface area contributed by atoms with E-state index in [2.05, 4.69) is 0 Å². The fourth-order valence-electron chi connectivity index (χ4n) is 0.743. The average Bonchev–Trinajstić information content (AvgIpc) is 2.11. The molecule has 0 aromatic heterocycles. The van der Waals surface area contributed by atoms with Gasteiger partial charge in [-0.05, 0) is 13.8 Å². The van der Waals surface area contributed by atoms with Crippen LogP contribution in [0.5, 0.6) is 0 Å². The van der Waals surface area contributed by atoms with Crippen LogP contribution >= 0.6 is 0 Å². The first kappa shape index (κ1) is 12.3. The van der Waals surface area contributed by atoms with Gasteiger partial charge in [-0.15, -0.1) is 0 Å². The molecule has 0 aromatic carbocycles. The molecule has 0 amide bonds. The van der Waals surface area contributed by atoms with E-state index in [-0.39, 0.29) is 0 Å². The van der Waals surface area contributed by atoms with E-state index >= 15 is 0 Å². The molecule has 0 fully saturated rings. The zero-order chi connectivity index (χ0) is 10.4. The Balaban J connectivity index is 4.17. The van der Waals surface area contributed by atoms with Crippen LogP contribution in [0.3, 0.4) is 0 Å². The smallest absolute Gasteiger partial charge is 0.155 e. The van der Waals surface area contributed by atoms with Crippen molar-refractivity contribution in [2.75, 3.05) is 14.2 Å². The highest BCUT2D eigenvalue weighted by Crippen LogP contribution is 2.05. The Labute approximate surface area is 77.6 Å². The number of carbonyl (C=O) groups excluding carboxylic acids is 1. The van der Waals surface area contributed by atoms with E-state index in [0.717, 1.165) is 0 Å². The Morgan fingerprint density at radius 2 is 1.77 bits per heavy atom. The number of carbonyl (C=O) groups is 1. The predicted molar refractivity (Wildman–Crippen MR) is 42.8 cm³/mol. The maximum atomic E-state index is 10.6. The fourth-order valence-corrected chi connectivity index (χ4v) is 0.743. The van der Waals surface area contributed by atoms with Crippen LogP contribution in [0.15, 0.2) is 0 Å². The van der Waals surface area contributed by atoms with Crippen molar-refractivity contribution in [1.29, 1.82) is 0 Å². The van der Waals surface area contributed by atoms with E-state index in [4.69, 9.17) is 14.2 Å². The van der Waals surface area contributed by atoms with Crippen LogP contribution in [0.25, 0.3) is 0 Å². The number of carboxylic acids is 1. The second-order valence-corrected chi connectivity index (χ2v) is 2.62. The van der Waals surface area contributed by atoms with E-state index in [1.165, 1.54) is 14.2 Å². The lowest BCUT2D eigenvalue weighted by atomic mass is 10.2. The normalized spacial score (nSPS) is 17.8. The molecule has 3 atom stereocenters. The standard InChI is InChI=1S/C8H16O5/c1-5(11-3)7(8(9)10)13-6(2)12-4/h5-7H,1-4H3,(H,9,10)/p-1. The van der Waals surface area contributed by atoms with E-state index in [1.54, 1.807) is 13.8 Å². The highest BCUT2D eigenvalue weighted by Gasteiger charge is 2.21. The summed E-state index contributed by atoms with van der Waals surface area (Å²) in [6.07, 6.45) is -2.27. The molecule has 0 aliphatic rings. The van der Waals surface area contributed by atoms with Gasteiger partial charge in [-0.25, -0.2) is 0 Å². The molecule has 0 aliphatic heterocycles. The summed E-state index contributed by atoms with van der Waals surface area (Å²) in [6, 6.07) is 0. The molecule has 78 valence electrons. The van der Waals surface area contributed by atoms with Crippen LogP contribution in [-0.4, -0.2) is 38.7 Å². The Bertz CT molecular complexity index is 159.